The second-order valence-corrected chi connectivity index (χ2v) is 5.76. The van der Waals surface area contributed by atoms with Gasteiger partial charge in [0, 0.05) is 6.54 Å². The molecular weight excluding hydrogens is 334 g/mol. The third-order valence-electron chi connectivity index (χ3n) is 3.55. The summed E-state index contributed by atoms with van der Waals surface area (Å²) in [7, 11) is 1.62. The van der Waals surface area contributed by atoms with E-state index >= 15 is 0 Å². The molecule has 0 bridgehead atoms. The topological polar surface area (TPSA) is 54.9 Å². The molecule has 0 saturated carbocycles. The Morgan fingerprint density at radius 2 is 2.00 bits per heavy atom. The molecule has 2 aromatic rings. The summed E-state index contributed by atoms with van der Waals surface area (Å²) in [5.41, 5.74) is 5.99. The van der Waals surface area contributed by atoms with Gasteiger partial charge in [0.15, 0.2) is 16.6 Å². The van der Waals surface area contributed by atoms with Crippen LogP contribution in [0.1, 0.15) is 23.6 Å². The van der Waals surface area contributed by atoms with E-state index in [2.05, 4.69) is 34.9 Å². The first kappa shape index (κ1) is 18.7. The Morgan fingerprint density at radius 1 is 1.20 bits per heavy atom. The Balaban J connectivity index is 2.02. The predicted molar refractivity (Wildman–Crippen MR) is 106 cm³/mol. The van der Waals surface area contributed by atoms with Crippen molar-refractivity contribution in [3.05, 3.63) is 59.2 Å². The van der Waals surface area contributed by atoms with Crippen molar-refractivity contribution in [2.75, 3.05) is 13.7 Å². The number of hydrogen-bond acceptors (Lipinski definition) is 4. The summed E-state index contributed by atoms with van der Waals surface area (Å²) in [6.45, 7) is 5.29. The summed E-state index contributed by atoms with van der Waals surface area (Å²) in [6.07, 6.45) is 1.68. The molecule has 2 aromatic carbocycles. The van der Waals surface area contributed by atoms with Gasteiger partial charge in [0.25, 0.3) is 0 Å². The summed E-state index contributed by atoms with van der Waals surface area (Å²) in [5, 5.41) is 7.55. The lowest BCUT2D eigenvalue weighted by Crippen LogP contribution is -2.31. The average molecular weight is 357 g/mol. The summed E-state index contributed by atoms with van der Waals surface area (Å²) >= 11 is 5.05. The monoisotopic (exact) mass is 357 g/mol. The maximum absolute atomic E-state index is 5.91. The summed E-state index contributed by atoms with van der Waals surface area (Å²) in [4.78, 5) is 0. The lowest BCUT2D eigenvalue weighted by atomic mass is 10.1. The Labute approximate surface area is 154 Å². The highest BCUT2D eigenvalue weighted by Gasteiger charge is 2.06. The third kappa shape index (κ3) is 5.76. The van der Waals surface area contributed by atoms with E-state index in [-0.39, 0.29) is 0 Å². The highest BCUT2D eigenvalue weighted by Crippen LogP contribution is 2.28. The minimum Gasteiger partial charge on any atom is -0.493 e. The molecule has 0 heterocycles. The van der Waals surface area contributed by atoms with Crippen LogP contribution in [-0.2, 0) is 6.61 Å². The van der Waals surface area contributed by atoms with Gasteiger partial charge < -0.3 is 14.8 Å². The van der Waals surface area contributed by atoms with Gasteiger partial charge in [-0.25, -0.2) is 0 Å². The van der Waals surface area contributed by atoms with Gasteiger partial charge in [-0.2, -0.15) is 5.10 Å². The van der Waals surface area contributed by atoms with Crippen LogP contribution < -0.4 is 20.2 Å². The van der Waals surface area contributed by atoms with E-state index in [1.54, 1.807) is 13.3 Å². The average Bonchev–Trinajstić information content (AvgIpc) is 2.62. The molecule has 0 fully saturated rings. The van der Waals surface area contributed by atoms with Crippen LogP contribution in [0.2, 0.25) is 0 Å². The molecule has 2 rings (SSSR count). The fourth-order valence-electron chi connectivity index (χ4n) is 2.18. The molecule has 0 atom stereocenters. The molecule has 0 aliphatic heterocycles. The maximum atomic E-state index is 5.91. The van der Waals surface area contributed by atoms with E-state index in [9.17, 15) is 0 Å². The van der Waals surface area contributed by atoms with E-state index in [0.29, 0.717) is 23.2 Å². The van der Waals surface area contributed by atoms with Crippen molar-refractivity contribution in [1.82, 2.24) is 10.7 Å². The van der Waals surface area contributed by atoms with Crippen LogP contribution in [0.25, 0.3) is 0 Å². The van der Waals surface area contributed by atoms with Crippen LogP contribution in [0.4, 0.5) is 0 Å². The fourth-order valence-corrected chi connectivity index (χ4v) is 2.37. The molecule has 2 N–H and O–H groups in total. The molecule has 6 heteroatoms. The predicted octanol–water partition coefficient (Wildman–Crippen LogP) is 3.40. The number of rotatable bonds is 7. The van der Waals surface area contributed by atoms with E-state index in [4.69, 9.17) is 21.7 Å². The molecule has 132 valence electrons. The van der Waals surface area contributed by atoms with Gasteiger partial charge in [-0.1, -0.05) is 24.3 Å². The number of nitrogens with zero attached hydrogens (tertiary/aromatic N) is 1. The number of hydrogen-bond donors (Lipinski definition) is 2. The first-order valence-corrected chi connectivity index (χ1v) is 8.47. The van der Waals surface area contributed by atoms with Gasteiger partial charge in [-0.3, -0.25) is 5.43 Å². The molecule has 0 spiro atoms. The Bertz CT molecular complexity index is 747. The molecule has 0 radical (unpaired) electrons. The zero-order chi connectivity index (χ0) is 18.1. The molecule has 0 aliphatic rings. The zero-order valence-electron chi connectivity index (χ0n) is 14.7. The molecule has 0 unspecified atom stereocenters. The number of benzene rings is 2. The minimum atomic E-state index is 0.490. The minimum absolute atomic E-state index is 0.490. The zero-order valence-corrected chi connectivity index (χ0v) is 15.5. The Kier molecular flexibility index (Phi) is 7.22. The fraction of sp³-hybridized carbons (Fsp3) is 0.263. The summed E-state index contributed by atoms with van der Waals surface area (Å²) in [5.74, 6) is 1.35. The van der Waals surface area contributed by atoms with E-state index in [0.717, 1.165) is 17.7 Å². The van der Waals surface area contributed by atoms with Gasteiger partial charge in [0.2, 0.25) is 0 Å². The normalized spacial score (nSPS) is 10.5. The van der Waals surface area contributed by atoms with Crippen molar-refractivity contribution < 1.29 is 9.47 Å². The molecule has 25 heavy (non-hydrogen) atoms. The Morgan fingerprint density at radius 3 is 2.72 bits per heavy atom. The number of hydrazone groups is 1. The molecule has 0 aromatic heterocycles. The summed E-state index contributed by atoms with van der Waals surface area (Å²) in [6, 6.07) is 13.8. The van der Waals surface area contributed by atoms with Crippen molar-refractivity contribution in [3.63, 3.8) is 0 Å². The van der Waals surface area contributed by atoms with Crippen LogP contribution >= 0.6 is 12.2 Å². The number of thiocarbonyl (C=S) groups is 1. The maximum Gasteiger partial charge on any atom is 0.186 e. The molecule has 5 nitrogen and oxygen atoms in total. The van der Waals surface area contributed by atoms with Gasteiger partial charge in [0.1, 0.15) is 6.61 Å². The number of methoxy groups -OCH3 is 1. The van der Waals surface area contributed by atoms with Crippen LogP contribution in [0.3, 0.4) is 0 Å². The lowest BCUT2D eigenvalue weighted by Gasteiger charge is -2.12. The first-order valence-electron chi connectivity index (χ1n) is 8.06. The molecular formula is C19H23N3O2S. The number of nitrogens with one attached hydrogen (secondary N) is 2. The second kappa shape index (κ2) is 9.64. The van der Waals surface area contributed by atoms with E-state index < -0.39 is 0 Å². The van der Waals surface area contributed by atoms with Crippen molar-refractivity contribution in [3.8, 4) is 11.5 Å². The Hall–Kier alpha value is -2.60. The van der Waals surface area contributed by atoms with E-state index in [1.807, 2.05) is 37.3 Å². The van der Waals surface area contributed by atoms with Crippen LogP contribution in [0.15, 0.2) is 47.6 Å². The van der Waals surface area contributed by atoms with Gasteiger partial charge in [0.05, 0.1) is 13.3 Å². The molecule has 0 saturated heterocycles. The SMILES string of the molecule is CCNC(=S)N/N=C\c1ccc(OCc2ccccc2C)c(OC)c1. The smallest absolute Gasteiger partial charge is 0.186 e. The van der Waals surface area contributed by atoms with Crippen molar-refractivity contribution >= 4 is 23.5 Å². The van der Waals surface area contributed by atoms with Crippen molar-refractivity contribution in [2.24, 2.45) is 5.10 Å². The van der Waals surface area contributed by atoms with Crippen LogP contribution in [-0.4, -0.2) is 25.0 Å². The van der Waals surface area contributed by atoms with Crippen LogP contribution in [0, 0.1) is 6.92 Å². The quantitative estimate of drug-likeness (QED) is 0.452. The highest BCUT2D eigenvalue weighted by atomic mass is 32.1. The first-order chi connectivity index (χ1) is 12.1. The molecule has 0 aliphatic carbocycles. The number of aryl methyl sites for hydroxylation is 1. The van der Waals surface area contributed by atoms with Crippen molar-refractivity contribution in [2.45, 2.75) is 20.5 Å². The van der Waals surface area contributed by atoms with E-state index in [1.165, 1.54) is 5.56 Å². The highest BCUT2D eigenvalue weighted by molar-refractivity contribution is 7.80. The van der Waals surface area contributed by atoms with Crippen molar-refractivity contribution in [1.29, 1.82) is 0 Å². The number of ether oxygens (including phenoxy) is 2. The van der Waals surface area contributed by atoms with Gasteiger partial charge in [-0.05, 0) is 61.0 Å². The summed E-state index contributed by atoms with van der Waals surface area (Å²) < 4.78 is 11.3. The van der Waals surface area contributed by atoms with Crippen LogP contribution in [0.5, 0.6) is 11.5 Å². The van der Waals surface area contributed by atoms with Gasteiger partial charge in [-0.15, -0.1) is 0 Å². The lowest BCUT2D eigenvalue weighted by molar-refractivity contribution is 0.284. The third-order valence-corrected chi connectivity index (χ3v) is 3.78. The van der Waals surface area contributed by atoms with Gasteiger partial charge >= 0.3 is 0 Å². The second-order valence-electron chi connectivity index (χ2n) is 5.35. The largest absolute Gasteiger partial charge is 0.493 e. The molecule has 0 amide bonds. The standard InChI is InChI=1S/C19H23N3O2S/c1-4-20-19(25)22-21-12-15-9-10-17(18(11-15)23-3)24-13-16-8-6-5-7-14(16)2/h5-12H,4,13H2,1-3H3,(H2,20,22,25)/b21-12-.